The van der Waals surface area contributed by atoms with E-state index in [1.807, 2.05) is 0 Å². The third-order valence-electron chi connectivity index (χ3n) is 1.53. The molecule has 0 aliphatic heterocycles. The summed E-state index contributed by atoms with van der Waals surface area (Å²) >= 11 is 0. The molecule has 1 atom stereocenters. The lowest BCUT2D eigenvalue weighted by atomic mass is 10.2. The fourth-order valence-electron chi connectivity index (χ4n) is 0.941. The second-order valence-electron chi connectivity index (χ2n) is 2.55. The van der Waals surface area contributed by atoms with Gasteiger partial charge in [0.05, 0.1) is 12.9 Å². The number of ether oxygens (including phenoxy) is 1. The Morgan fingerprint density at radius 2 is 2.54 bits per heavy atom. The summed E-state index contributed by atoms with van der Waals surface area (Å²) in [6.07, 6.45) is 0.519. The van der Waals surface area contributed by atoms with Gasteiger partial charge >= 0.3 is 5.97 Å². The highest BCUT2D eigenvalue weighted by Crippen LogP contribution is 2.04. The number of esters is 1. The van der Waals surface area contributed by atoms with Crippen molar-refractivity contribution in [1.82, 2.24) is 0 Å². The Balaban J connectivity index is 2.41. The van der Waals surface area contributed by atoms with Gasteiger partial charge in [-0.1, -0.05) is 0 Å². The zero-order valence-electron chi connectivity index (χ0n) is 7.40. The minimum absolute atomic E-state index is 0.159. The van der Waals surface area contributed by atoms with Crippen molar-refractivity contribution in [2.24, 2.45) is 0 Å². The van der Waals surface area contributed by atoms with Crippen molar-refractivity contribution in [3.63, 3.8) is 0 Å². The highest BCUT2D eigenvalue weighted by atomic mass is 16.5. The molecule has 1 aromatic rings. The first-order valence-corrected chi connectivity index (χ1v) is 4.11. The van der Waals surface area contributed by atoms with Crippen LogP contribution < -0.4 is 0 Å². The van der Waals surface area contributed by atoms with Crippen molar-refractivity contribution in [1.29, 1.82) is 0 Å². The van der Waals surface area contributed by atoms with E-state index in [0.29, 0.717) is 5.76 Å². The third kappa shape index (κ3) is 2.91. The Morgan fingerprint density at radius 3 is 3.08 bits per heavy atom. The van der Waals surface area contributed by atoms with Crippen LogP contribution in [0.25, 0.3) is 0 Å². The molecule has 0 aliphatic carbocycles. The summed E-state index contributed by atoms with van der Waals surface area (Å²) in [5, 5.41) is 9.29. The summed E-state index contributed by atoms with van der Waals surface area (Å²) in [4.78, 5) is 11.0. The van der Waals surface area contributed by atoms with Crippen LogP contribution in [0.1, 0.15) is 12.7 Å². The number of aliphatic hydroxyl groups excluding tert-OH is 1. The van der Waals surface area contributed by atoms with E-state index in [1.165, 1.54) is 6.26 Å². The van der Waals surface area contributed by atoms with Gasteiger partial charge in [0, 0.05) is 6.42 Å². The fraction of sp³-hybridized carbons (Fsp3) is 0.444. The predicted molar refractivity (Wildman–Crippen MR) is 45.1 cm³/mol. The number of furan rings is 1. The lowest BCUT2D eigenvalue weighted by Gasteiger charge is -2.06. The highest BCUT2D eigenvalue weighted by Gasteiger charge is 2.17. The number of carbonyl (C=O) groups is 1. The number of aliphatic hydroxyl groups is 1. The molecule has 4 nitrogen and oxygen atoms in total. The average Bonchev–Trinajstić information content (AvgIpc) is 2.57. The summed E-state index contributed by atoms with van der Waals surface area (Å²) in [7, 11) is 0. The smallest absolute Gasteiger partial charge is 0.335 e. The molecule has 0 aromatic carbocycles. The summed E-state index contributed by atoms with van der Waals surface area (Å²) in [5.74, 6) is -0.0422. The van der Waals surface area contributed by atoms with Crippen LogP contribution in [0.2, 0.25) is 0 Å². The van der Waals surface area contributed by atoms with Crippen molar-refractivity contribution < 1.29 is 19.1 Å². The minimum atomic E-state index is -1.13. The predicted octanol–water partition coefficient (Wildman–Crippen LogP) is 0.746. The second kappa shape index (κ2) is 4.67. The molecule has 0 amide bonds. The first kappa shape index (κ1) is 9.80. The molecular weight excluding hydrogens is 172 g/mol. The largest absolute Gasteiger partial charge is 0.469 e. The molecule has 0 fully saturated rings. The van der Waals surface area contributed by atoms with Crippen molar-refractivity contribution in [3.05, 3.63) is 24.2 Å². The third-order valence-corrected chi connectivity index (χ3v) is 1.53. The molecule has 1 heterocycles. The van der Waals surface area contributed by atoms with Gasteiger partial charge in [-0.25, -0.2) is 4.79 Å². The standard InChI is InChI=1S/C9H12O4/c1-2-12-9(11)8(10)6-7-4-3-5-13-7/h3-5,8,10H,2,6H2,1H3. The van der Waals surface area contributed by atoms with Crippen molar-refractivity contribution in [2.45, 2.75) is 19.4 Å². The molecule has 0 spiro atoms. The summed E-state index contributed by atoms with van der Waals surface area (Å²) in [6, 6.07) is 3.40. The molecule has 0 saturated carbocycles. The van der Waals surface area contributed by atoms with Gasteiger partial charge in [-0.2, -0.15) is 0 Å². The van der Waals surface area contributed by atoms with Crippen molar-refractivity contribution in [2.75, 3.05) is 6.61 Å². The quantitative estimate of drug-likeness (QED) is 0.701. The Kier molecular flexibility index (Phi) is 3.52. The minimum Gasteiger partial charge on any atom is -0.469 e. The number of carbonyl (C=O) groups excluding carboxylic acids is 1. The average molecular weight is 184 g/mol. The monoisotopic (exact) mass is 184 g/mol. The number of rotatable bonds is 4. The van der Waals surface area contributed by atoms with Crippen LogP contribution >= 0.6 is 0 Å². The number of hydrogen-bond acceptors (Lipinski definition) is 4. The normalized spacial score (nSPS) is 12.5. The van der Waals surface area contributed by atoms with Gasteiger partial charge in [0.15, 0.2) is 6.10 Å². The molecule has 0 saturated heterocycles. The van der Waals surface area contributed by atoms with Crippen LogP contribution in [0.15, 0.2) is 22.8 Å². The lowest BCUT2D eigenvalue weighted by molar-refractivity contribution is -0.153. The van der Waals surface area contributed by atoms with Crippen LogP contribution in [0, 0.1) is 0 Å². The van der Waals surface area contributed by atoms with E-state index < -0.39 is 12.1 Å². The van der Waals surface area contributed by atoms with E-state index in [-0.39, 0.29) is 13.0 Å². The van der Waals surface area contributed by atoms with Crippen molar-refractivity contribution >= 4 is 5.97 Å². The Morgan fingerprint density at radius 1 is 1.77 bits per heavy atom. The maximum Gasteiger partial charge on any atom is 0.335 e. The van der Waals surface area contributed by atoms with E-state index in [2.05, 4.69) is 4.74 Å². The first-order chi connectivity index (χ1) is 6.24. The van der Waals surface area contributed by atoms with E-state index in [4.69, 9.17) is 4.42 Å². The van der Waals surface area contributed by atoms with E-state index in [1.54, 1.807) is 19.1 Å². The molecule has 1 unspecified atom stereocenters. The topological polar surface area (TPSA) is 59.7 Å². The van der Waals surface area contributed by atoms with E-state index in [9.17, 15) is 9.90 Å². The van der Waals surface area contributed by atoms with Crippen LogP contribution in [0.5, 0.6) is 0 Å². The molecule has 1 N–H and O–H groups in total. The van der Waals surface area contributed by atoms with Crippen LogP contribution in [-0.4, -0.2) is 23.8 Å². The molecule has 0 bridgehead atoms. The molecule has 13 heavy (non-hydrogen) atoms. The summed E-state index contributed by atoms with van der Waals surface area (Å²) in [5.41, 5.74) is 0. The van der Waals surface area contributed by atoms with Gasteiger partial charge in [0.1, 0.15) is 5.76 Å². The summed E-state index contributed by atoms with van der Waals surface area (Å²) < 4.78 is 9.59. The van der Waals surface area contributed by atoms with E-state index >= 15 is 0 Å². The Hall–Kier alpha value is -1.29. The van der Waals surface area contributed by atoms with Gasteiger partial charge in [0.2, 0.25) is 0 Å². The molecule has 1 rings (SSSR count). The Labute approximate surface area is 76.1 Å². The van der Waals surface area contributed by atoms with Crippen LogP contribution in [-0.2, 0) is 16.0 Å². The number of hydrogen-bond donors (Lipinski definition) is 1. The maximum absolute atomic E-state index is 11.0. The lowest BCUT2D eigenvalue weighted by Crippen LogP contribution is -2.25. The molecule has 1 aromatic heterocycles. The van der Waals surface area contributed by atoms with E-state index in [0.717, 1.165) is 0 Å². The zero-order valence-corrected chi connectivity index (χ0v) is 7.40. The second-order valence-corrected chi connectivity index (χ2v) is 2.55. The SMILES string of the molecule is CCOC(=O)C(O)Cc1ccco1. The van der Waals surface area contributed by atoms with Gasteiger partial charge in [-0.05, 0) is 19.1 Å². The zero-order chi connectivity index (χ0) is 9.68. The Bertz CT molecular complexity index is 253. The first-order valence-electron chi connectivity index (χ1n) is 4.11. The van der Waals surface area contributed by atoms with Gasteiger partial charge in [0.25, 0.3) is 0 Å². The summed E-state index contributed by atoms with van der Waals surface area (Å²) in [6.45, 7) is 1.96. The van der Waals surface area contributed by atoms with Crippen molar-refractivity contribution in [3.8, 4) is 0 Å². The molecule has 4 heteroatoms. The molecule has 0 radical (unpaired) electrons. The van der Waals surface area contributed by atoms with Crippen LogP contribution in [0.4, 0.5) is 0 Å². The van der Waals surface area contributed by atoms with Gasteiger partial charge in [-0.15, -0.1) is 0 Å². The molecule has 72 valence electrons. The fourth-order valence-corrected chi connectivity index (χ4v) is 0.941. The van der Waals surface area contributed by atoms with Crippen LogP contribution in [0.3, 0.4) is 0 Å². The van der Waals surface area contributed by atoms with Gasteiger partial charge < -0.3 is 14.3 Å². The maximum atomic E-state index is 11.0. The van der Waals surface area contributed by atoms with Gasteiger partial charge in [-0.3, -0.25) is 0 Å². The molecular formula is C9H12O4. The highest BCUT2D eigenvalue weighted by molar-refractivity contribution is 5.74. The molecule has 0 aliphatic rings.